The summed E-state index contributed by atoms with van der Waals surface area (Å²) in [7, 11) is 0. The zero-order chi connectivity index (χ0) is 14.9. The van der Waals surface area contributed by atoms with Gasteiger partial charge in [-0.25, -0.2) is 17.6 Å². The van der Waals surface area contributed by atoms with E-state index in [0.29, 0.717) is 11.6 Å². The van der Waals surface area contributed by atoms with Crippen molar-refractivity contribution in [2.24, 2.45) is 0 Å². The first-order valence-corrected chi connectivity index (χ1v) is 5.61. The van der Waals surface area contributed by atoms with E-state index in [-0.39, 0.29) is 5.56 Å². The average molecular weight is 283 g/mol. The molecule has 0 atom stereocenters. The lowest BCUT2D eigenvalue weighted by molar-refractivity contribution is 0.102. The molecule has 0 unspecified atom stereocenters. The van der Waals surface area contributed by atoms with E-state index in [0.717, 1.165) is 12.1 Å². The second kappa shape index (κ2) is 5.32. The molecule has 0 fully saturated rings. The molecule has 0 aliphatic rings. The number of benzene rings is 2. The van der Waals surface area contributed by atoms with Gasteiger partial charge in [-0.1, -0.05) is 6.07 Å². The maximum absolute atomic E-state index is 13.4. The van der Waals surface area contributed by atoms with E-state index in [9.17, 15) is 22.4 Å². The number of carbonyl (C=O) groups excluding carboxylic acids is 1. The van der Waals surface area contributed by atoms with Crippen molar-refractivity contribution >= 4 is 11.6 Å². The number of hydrogen-bond donors (Lipinski definition) is 1. The van der Waals surface area contributed by atoms with Crippen LogP contribution in [0, 0.1) is 30.2 Å². The summed E-state index contributed by atoms with van der Waals surface area (Å²) in [6.07, 6.45) is 0. The minimum Gasteiger partial charge on any atom is -0.319 e. The molecule has 0 bridgehead atoms. The molecule has 6 heteroatoms. The van der Waals surface area contributed by atoms with Crippen LogP contribution in [0.4, 0.5) is 23.2 Å². The smallest absolute Gasteiger partial charge is 0.255 e. The van der Waals surface area contributed by atoms with Crippen LogP contribution in [0.25, 0.3) is 0 Å². The van der Waals surface area contributed by atoms with Crippen LogP contribution >= 0.6 is 0 Å². The van der Waals surface area contributed by atoms with Crippen LogP contribution in [0.1, 0.15) is 15.9 Å². The Balaban J connectivity index is 2.28. The Morgan fingerprint density at radius 2 is 1.65 bits per heavy atom. The van der Waals surface area contributed by atoms with Gasteiger partial charge >= 0.3 is 0 Å². The Hall–Kier alpha value is -2.37. The number of halogens is 4. The molecule has 1 amide bonds. The maximum atomic E-state index is 13.4. The van der Waals surface area contributed by atoms with Crippen molar-refractivity contribution in [1.29, 1.82) is 0 Å². The summed E-state index contributed by atoms with van der Waals surface area (Å²) < 4.78 is 52.4. The topological polar surface area (TPSA) is 29.1 Å². The van der Waals surface area contributed by atoms with Crippen molar-refractivity contribution in [1.82, 2.24) is 0 Å². The molecule has 104 valence electrons. The molecular weight excluding hydrogens is 274 g/mol. The second-order valence-electron chi connectivity index (χ2n) is 4.14. The van der Waals surface area contributed by atoms with Gasteiger partial charge in [0.2, 0.25) is 0 Å². The highest BCUT2D eigenvalue weighted by Gasteiger charge is 2.16. The molecule has 0 spiro atoms. The Labute approximate surface area is 112 Å². The molecule has 0 heterocycles. The Morgan fingerprint density at radius 1 is 0.950 bits per heavy atom. The quantitative estimate of drug-likeness (QED) is 0.659. The first kappa shape index (κ1) is 14.0. The molecular formula is C14H9F4NO. The molecule has 0 aromatic heterocycles. The minimum atomic E-state index is -1.68. The fourth-order valence-corrected chi connectivity index (χ4v) is 1.55. The van der Waals surface area contributed by atoms with Crippen molar-refractivity contribution in [3.05, 3.63) is 64.7 Å². The summed E-state index contributed by atoms with van der Waals surface area (Å²) in [5.74, 6) is -5.97. The van der Waals surface area contributed by atoms with E-state index in [1.807, 2.05) is 0 Å². The highest BCUT2D eigenvalue weighted by atomic mass is 19.2. The third kappa shape index (κ3) is 2.64. The van der Waals surface area contributed by atoms with Gasteiger partial charge in [-0.2, -0.15) is 0 Å². The monoisotopic (exact) mass is 283 g/mol. The van der Waals surface area contributed by atoms with Crippen LogP contribution in [0.15, 0.2) is 30.3 Å². The highest BCUT2D eigenvalue weighted by Crippen LogP contribution is 2.20. The van der Waals surface area contributed by atoms with Crippen LogP contribution in [0.3, 0.4) is 0 Å². The van der Waals surface area contributed by atoms with Crippen molar-refractivity contribution in [3.63, 3.8) is 0 Å². The molecule has 2 nitrogen and oxygen atoms in total. The normalized spacial score (nSPS) is 10.4. The summed E-state index contributed by atoms with van der Waals surface area (Å²) in [6, 6.07) is 5.26. The molecule has 20 heavy (non-hydrogen) atoms. The van der Waals surface area contributed by atoms with Crippen LogP contribution in [0.5, 0.6) is 0 Å². The van der Waals surface area contributed by atoms with Crippen LogP contribution < -0.4 is 5.32 Å². The van der Waals surface area contributed by atoms with E-state index in [1.165, 1.54) is 19.1 Å². The van der Waals surface area contributed by atoms with Crippen molar-refractivity contribution in [2.75, 3.05) is 5.32 Å². The number of amides is 1. The summed E-state index contributed by atoms with van der Waals surface area (Å²) in [5, 5.41) is 2.05. The van der Waals surface area contributed by atoms with Crippen molar-refractivity contribution in [2.45, 2.75) is 6.92 Å². The molecule has 0 aliphatic heterocycles. The zero-order valence-electron chi connectivity index (χ0n) is 10.3. The predicted molar refractivity (Wildman–Crippen MR) is 65.4 cm³/mol. The van der Waals surface area contributed by atoms with Gasteiger partial charge in [-0.3, -0.25) is 4.79 Å². The van der Waals surface area contributed by atoms with E-state index in [1.54, 1.807) is 0 Å². The highest BCUT2D eigenvalue weighted by molar-refractivity contribution is 6.04. The number of anilines is 1. The summed E-state index contributed by atoms with van der Waals surface area (Å²) in [6.45, 7) is 1.52. The fourth-order valence-electron chi connectivity index (χ4n) is 1.55. The van der Waals surface area contributed by atoms with Crippen LogP contribution in [-0.4, -0.2) is 5.91 Å². The lowest BCUT2D eigenvalue weighted by atomic mass is 10.1. The van der Waals surface area contributed by atoms with E-state index in [2.05, 4.69) is 5.32 Å². The molecule has 0 radical (unpaired) electrons. The zero-order valence-corrected chi connectivity index (χ0v) is 10.3. The molecule has 2 rings (SSSR count). The van der Waals surface area contributed by atoms with E-state index < -0.39 is 34.9 Å². The summed E-state index contributed by atoms with van der Waals surface area (Å²) in [4.78, 5) is 11.8. The number of rotatable bonds is 2. The lowest BCUT2D eigenvalue weighted by Gasteiger charge is -2.08. The second-order valence-corrected chi connectivity index (χ2v) is 4.14. The summed E-state index contributed by atoms with van der Waals surface area (Å²) in [5.41, 5.74) is -0.229. The lowest BCUT2D eigenvalue weighted by Crippen LogP contribution is -2.14. The van der Waals surface area contributed by atoms with Gasteiger partial charge in [-0.05, 0) is 36.8 Å². The third-order valence-electron chi connectivity index (χ3n) is 2.72. The van der Waals surface area contributed by atoms with Gasteiger partial charge < -0.3 is 5.32 Å². The molecule has 0 saturated carbocycles. The van der Waals surface area contributed by atoms with Crippen molar-refractivity contribution < 1.29 is 22.4 Å². The summed E-state index contributed by atoms with van der Waals surface area (Å²) >= 11 is 0. The largest absolute Gasteiger partial charge is 0.319 e. The molecule has 2 aromatic carbocycles. The van der Waals surface area contributed by atoms with Gasteiger partial charge in [0.15, 0.2) is 17.5 Å². The van der Waals surface area contributed by atoms with Gasteiger partial charge in [0.1, 0.15) is 5.82 Å². The minimum absolute atomic E-state index is 0.0581. The Bertz CT molecular complexity index is 685. The molecule has 2 aromatic rings. The molecule has 0 aliphatic carbocycles. The number of aryl methyl sites for hydroxylation is 1. The SMILES string of the molecule is Cc1ccc(C(=O)Nc2ccc(F)c(F)c2F)cc1F. The van der Waals surface area contributed by atoms with E-state index in [4.69, 9.17) is 0 Å². The van der Waals surface area contributed by atoms with Gasteiger partial charge in [0.05, 0.1) is 5.69 Å². The van der Waals surface area contributed by atoms with Crippen LogP contribution in [-0.2, 0) is 0 Å². The number of hydrogen-bond acceptors (Lipinski definition) is 1. The number of carbonyl (C=O) groups is 1. The first-order valence-electron chi connectivity index (χ1n) is 5.61. The third-order valence-corrected chi connectivity index (χ3v) is 2.72. The number of nitrogens with one attached hydrogen (secondary N) is 1. The van der Waals surface area contributed by atoms with E-state index >= 15 is 0 Å². The predicted octanol–water partition coefficient (Wildman–Crippen LogP) is 3.80. The average Bonchev–Trinajstić information content (AvgIpc) is 2.42. The van der Waals surface area contributed by atoms with Crippen LogP contribution in [0.2, 0.25) is 0 Å². The Morgan fingerprint density at radius 3 is 2.30 bits per heavy atom. The Kier molecular flexibility index (Phi) is 3.74. The molecule has 1 N–H and O–H groups in total. The first-order chi connectivity index (χ1) is 9.40. The van der Waals surface area contributed by atoms with Crippen molar-refractivity contribution in [3.8, 4) is 0 Å². The molecule has 0 saturated heterocycles. The van der Waals surface area contributed by atoms with Gasteiger partial charge in [-0.15, -0.1) is 0 Å². The fraction of sp³-hybridized carbons (Fsp3) is 0.0714. The maximum Gasteiger partial charge on any atom is 0.255 e. The van der Waals surface area contributed by atoms with Gasteiger partial charge in [0.25, 0.3) is 5.91 Å². The standard InChI is InChI=1S/C14H9F4NO/c1-7-2-3-8(6-10(7)16)14(20)19-11-5-4-9(15)12(17)13(11)18/h2-6H,1H3,(H,19,20). The van der Waals surface area contributed by atoms with Gasteiger partial charge in [0, 0.05) is 5.56 Å².